The number of aryl methyl sites for hydroxylation is 1. The van der Waals surface area contributed by atoms with Gasteiger partial charge >= 0.3 is 12.1 Å². The van der Waals surface area contributed by atoms with Crippen molar-refractivity contribution in [2.75, 3.05) is 0 Å². The lowest BCUT2D eigenvalue weighted by molar-refractivity contribution is -0.192. The van der Waals surface area contributed by atoms with Gasteiger partial charge in [-0.1, -0.05) is 11.6 Å². The molecule has 1 heterocycles. The fraction of sp³-hybridized carbons (Fsp3) is 0.182. The van der Waals surface area contributed by atoms with Gasteiger partial charge in [-0.25, -0.2) is 4.79 Å². The van der Waals surface area contributed by atoms with E-state index < -0.39 is 12.1 Å². The minimum absolute atomic E-state index is 0.159. The molecule has 0 aliphatic heterocycles. The number of rotatable bonds is 0. The van der Waals surface area contributed by atoms with E-state index in [4.69, 9.17) is 26.8 Å². The fourth-order valence-electron chi connectivity index (χ4n) is 1.34. The van der Waals surface area contributed by atoms with Gasteiger partial charge in [-0.2, -0.15) is 18.4 Å². The highest BCUT2D eigenvalue weighted by molar-refractivity contribution is 6.32. The minimum Gasteiger partial charge on any atom is -0.475 e. The summed E-state index contributed by atoms with van der Waals surface area (Å²) in [6, 6.07) is 5.01. The van der Waals surface area contributed by atoms with Crippen LogP contribution in [0.1, 0.15) is 5.56 Å². The summed E-state index contributed by atoms with van der Waals surface area (Å²) in [5.41, 5.74) is 0.797. The molecule has 0 saturated carbocycles. The molecule has 0 fully saturated rings. The number of H-pyrrole nitrogens is 1. The number of alkyl halides is 3. The van der Waals surface area contributed by atoms with Crippen LogP contribution >= 0.6 is 11.6 Å². The highest BCUT2D eigenvalue weighted by atomic mass is 35.5. The molecule has 0 radical (unpaired) electrons. The predicted molar refractivity (Wildman–Crippen MR) is 67.0 cm³/mol. The summed E-state index contributed by atoms with van der Waals surface area (Å²) in [4.78, 5) is 20.4. The molecule has 1 aromatic carbocycles. The number of benzene rings is 1. The van der Waals surface area contributed by atoms with Crippen LogP contribution in [0.5, 0.6) is 0 Å². The van der Waals surface area contributed by atoms with Crippen molar-refractivity contribution >= 4 is 28.5 Å². The number of nitrogens with zero attached hydrogens (tertiary/aromatic N) is 2. The maximum atomic E-state index is 11.5. The summed E-state index contributed by atoms with van der Waals surface area (Å²) in [6.07, 6.45) is -5.08. The second-order valence-corrected chi connectivity index (χ2v) is 4.18. The molecule has 0 bridgehead atoms. The number of hydrogen-bond donors (Lipinski definition) is 2. The zero-order valence-corrected chi connectivity index (χ0v) is 11.1. The number of carbonyl (C=O) groups is 1. The monoisotopic (exact) mass is 321 g/mol. The molecule has 6 nitrogen and oxygen atoms in total. The highest BCUT2D eigenvalue weighted by Crippen LogP contribution is 2.20. The van der Waals surface area contributed by atoms with Crippen LogP contribution in [-0.4, -0.2) is 27.0 Å². The third-order valence-electron chi connectivity index (χ3n) is 2.29. The number of aromatic nitrogens is 2. The number of aliphatic carboxylic acids is 1. The van der Waals surface area contributed by atoms with E-state index in [9.17, 15) is 18.0 Å². The van der Waals surface area contributed by atoms with Gasteiger partial charge < -0.3 is 5.11 Å². The SMILES string of the molecule is Cn1[nH]c2cc(Cl)c(C#N)cc2c1=O.O=C(O)C(F)(F)F. The molecule has 10 heteroatoms. The summed E-state index contributed by atoms with van der Waals surface area (Å²) >= 11 is 5.81. The van der Waals surface area contributed by atoms with Gasteiger partial charge in [0.15, 0.2) is 0 Å². The zero-order chi connectivity index (χ0) is 16.4. The third-order valence-corrected chi connectivity index (χ3v) is 2.61. The Bertz CT molecular complexity index is 786. The Morgan fingerprint density at radius 1 is 1.48 bits per heavy atom. The molecular formula is C11H7ClF3N3O3. The van der Waals surface area contributed by atoms with E-state index in [-0.39, 0.29) is 5.56 Å². The first kappa shape index (κ1) is 16.6. The molecule has 2 N–H and O–H groups in total. The summed E-state index contributed by atoms with van der Waals surface area (Å²) in [5, 5.41) is 19.5. The molecule has 2 rings (SSSR count). The first-order valence-electron chi connectivity index (χ1n) is 5.16. The molecule has 0 amide bonds. The van der Waals surface area contributed by atoms with Gasteiger partial charge in [0.1, 0.15) is 6.07 Å². The number of carboxylic acids is 1. The van der Waals surface area contributed by atoms with Gasteiger partial charge in [0.25, 0.3) is 5.56 Å². The van der Waals surface area contributed by atoms with Crippen LogP contribution in [0.15, 0.2) is 16.9 Å². The van der Waals surface area contributed by atoms with Crippen LogP contribution in [-0.2, 0) is 11.8 Å². The van der Waals surface area contributed by atoms with Crippen LogP contribution in [0, 0.1) is 11.3 Å². The standard InChI is InChI=1S/C9H6ClN3O.C2HF3O2/c1-13-9(14)6-2-5(4-11)7(10)3-8(6)12-13;3-2(4,5)1(6)7/h2-3,12H,1H3;(H,6,7). The Labute approximate surface area is 119 Å². The van der Waals surface area contributed by atoms with Gasteiger partial charge in [-0.15, -0.1) is 0 Å². The van der Waals surface area contributed by atoms with Gasteiger partial charge in [0.05, 0.1) is 21.5 Å². The van der Waals surface area contributed by atoms with E-state index in [0.29, 0.717) is 21.5 Å². The normalized spacial score (nSPS) is 10.7. The van der Waals surface area contributed by atoms with Crippen LogP contribution < -0.4 is 5.56 Å². The second-order valence-electron chi connectivity index (χ2n) is 3.77. The van der Waals surface area contributed by atoms with Gasteiger partial charge in [-0.3, -0.25) is 14.6 Å². The van der Waals surface area contributed by atoms with Crippen LogP contribution in [0.2, 0.25) is 5.02 Å². The van der Waals surface area contributed by atoms with Crippen molar-refractivity contribution in [3.8, 4) is 6.07 Å². The van der Waals surface area contributed by atoms with Gasteiger partial charge in [-0.05, 0) is 12.1 Å². The number of hydrogen-bond acceptors (Lipinski definition) is 3. The van der Waals surface area contributed by atoms with Crippen molar-refractivity contribution in [1.29, 1.82) is 5.26 Å². The second kappa shape index (κ2) is 5.88. The van der Waals surface area contributed by atoms with Gasteiger partial charge in [0, 0.05) is 7.05 Å². The lowest BCUT2D eigenvalue weighted by Crippen LogP contribution is -2.21. The molecule has 0 spiro atoms. The number of aromatic amines is 1. The summed E-state index contributed by atoms with van der Waals surface area (Å²) < 4.78 is 33.1. The maximum Gasteiger partial charge on any atom is 0.490 e. The Kier molecular flexibility index (Phi) is 4.65. The van der Waals surface area contributed by atoms with Crippen molar-refractivity contribution in [1.82, 2.24) is 9.78 Å². The molecule has 0 aliphatic rings. The first-order chi connectivity index (χ1) is 9.57. The Morgan fingerprint density at radius 3 is 2.43 bits per heavy atom. The largest absolute Gasteiger partial charge is 0.490 e. The van der Waals surface area contributed by atoms with Crippen molar-refractivity contribution in [3.63, 3.8) is 0 Å². The van der Waals surface area contributed by atoms with E-state index >= 15 is 0 Å². The molecule has 2 aromatic rings. The Hall–Kier alpha value is -2.47. The molecule has 21 heavy (non-hydrogen) atoms. The van der Waals surface area contributed by atoms with Gasteiger partial charge in [0.2, 0.25) is 0 Å². The quantitative estimate of drug-likeness (QED) is 0.775. The lowest BCUT2D eigenvalue weighted by Gasteiger charge is -1.93. The van der Waals surface area contributed by atoms with Crippen molar-refractivity contribution in [2.24, 2.45) is 7.05 Å². The third kappa shape index (κ3) is 3.76. The lowest BCUT2D eigenvalue weighted by atomic mass is 10.2. The zero-order valence-electron chi connectivity index (χ0n) is 10.3. The minimum atomic E-state index is -5.08. The molecule has 0 atom stereocenters. The number of fused-ring (bicyclic) bond motifs is 1. The fourth-order valence-corrected chi connectivity index (χ4v) is 1.55. The van der Waals surface area contributed by atoms with E-state index in [1.165, 1.54) is 10.7 Å². The summed E-state index contributed by atoms with van der Waals surface area (Å²) in [6.45, 7) is 0. The first-order valence-corrected chi connectivity index (χ1v) is 5.54. The molecule has 1 aromatic heterocycles. The van der Waals surface area contributed by atoms with Crippen LogP contribution in [0.4, 0.5) is 13.2 Å². The molecule has 112 valence electrons. The molecule has 0 aliphatic carbocycles. The highest BCUT2D eigenvalue weighted by Gasteiger charge is 2.38. The average Bonchev–Trinajstić information content (AvgIpc) is 2.63. The van der Waals surface area contributed by atoms with Crippen molar-refractivity contribution < 1.29 is 23.1 Å². The van der Waals surface area contributed by atoms with Crippen LogP contribution in [0.25, 0.3) is 10.9 Å². The van der Waals surface area contributed by atoms with E-state index in [2.05, 4.69) is 5.10 Å². The Morgan fingerprint density at radius 2 is 2.00 bits per heavy atom. The van der Waals surface area contributed by atoms with Crippen molar-refractivity contribution in [3.05, 3.63) is 33.1 Å². The van der Waals surface area contributed by atoms with E-state index in [0.717, 1.165) is 0 Å². The van der Waals surface area contributed by atoms with Crippen molar-refractivity contribution in [2.45, 2.75) is 6.18 Å². The molecular weight excluding hydrogens is 315 g/mol. The average molecular weight is 322 g/mol. The van der Waals surface area contributed by atoms with E-state index in [1.54, 1.807) is 13.1 Å². The smallest absolute Gasteiger partial charge is 0.475 e. The number of nitriles is 1. The number of carboxylic acid groups (broad SMARTS) is 1. The number of halogens is 4. The molecule has 0 saturated heterocycles. The predicted octanol–water partition coefficient (Wildman–Crippen LogP) is 2.02. The summed E-state index contributed by atoms with van der Waals surface area (Å²) in [7, 11) is 1.61. The molecule has 0 unspecified atom stereocenters. The summed E-state index contributed by atoms with van der Waals surface area (Å²) in [5.74, 6) is -2.76. The maximum absolute atomic E-state index is 11.5. The van der Waals surface area contributed by atoms with Crippen LogP contribution in [0.3, 0.4) is 0 Å². The Balaban J connectivity index is 0.000000270. The van der Waals surface area contributed by atoms with E-state index in [1.807, 2.05) is 6.07 Å². The topological polar surface area (TPSA) is 98.9 Å². The number of nitrogens with one attached hydrogen (secondary N) is 1.